The minimum Gasteiger partial charge on any atom is -0.365 e. The Hall–Kier alpha value is -1.53. The van der Waals surface area contributed by atoms with Crippen molar-refractivity contribution in [3.05, 3.63) is 29.8 Å². The fourth-order valence-electron chi connectivity index (χ4n) is 3.19. The van der Waals surface area contributed by atoms with Crippen molar-refractivity contribution in [2.24, 2.45) is 5.92 Å². The molecule has 1 aromatic rings. The van der Waals surface area contributed by atoms with E-state index in [0.29, 0.717) is 5.92 Å². The number of para-hydroxylation sites is 1. The molecule has 1 saturated heterocycles. The van der Waals surface area contributed by atoms with E-state index in [4.69, 9.17) is 0 Å². The molecule has 1 heterocycles. The largest absolute Gasteiger partial charge is 0.365 e. The molecule has 0 bridgehead atoms. The Labute approximate surface area is 116 Å². The van der Waals surface area contributed by atoms with Crippen LogP contribution in [-0.2, 0) is 0 Å². The Morgan fingerprint density at radius 3 is 2.84 bits per heavy atom. The average Bonchev–Trinajstić information content (AvgIpc) is 2.41. The molecule has 0 spiro atoms. The highest BCUT2D eigenvalue weighted by Crippen LogP contribution is 2.37. The van der Waals surface area contributed by atoms with Crippen LogP contribution < -0.4 is 10.2 Å². The van der Waals surface area contributed by atoms with Crippen LogP contribution in [0.25, 0.3) is 0 Å². The summed E-state index contributed by atoms with van der Waals surface area (Å²) in [6, 6.07) is 10.3. The number of hydrogen-bond acceptors (Lipinski definition) is 3. The number of rotatable bonds is 3. The molecule has 102 valence electrons. The Morgan fingerprint density at radius 2 is 2.16 bits per heavy atom. The van der Waals surface area contributed by atoms with Crippen LogP contribution in [0.1, 0.15) is 32.3 Å². The van der Waals surface area contributed by atoms with Crippen molar-refractivity contribution < 1.29 is 0 Å². The molecule has 3 nitrogen and oxygen atoms in total. The molecule has 1 unspecified atom stereocenters. The Balaban J connectivity index is 2.35. The second-order valence-corrected chi connectivity index (χ2v) is 5.83. The summed E-state index contributed by atoms with van der Waals surface area (Å²) in [5.41, 5.74) is 1.94. The van der Waals surface area contributed by atoms with Gasteiger partial charge in [-0.15, -0.1) is 0 Å². The Bertz CT molecular complexity index is 471. The zero-order valence-electron chi connectivity index (χ0n) is 12.1. The van der Waals surface area contributed by atoms with Gasteiger partial charge in [0.05, 0.1) is 11.3 Å². The van der Waals surface area contributed by atoms with Gasteiger partial charge in [0.15, 0.2) is 0 Å². The molecule has 1 fully saturated rings. The van der Waals surface area contributed by atoms with Crippen LogP contribution in [0.3, 0.4) is 0 Å². The quantitative estimate of drug-likeness (QED) is 0.905. The van der Waals surface area contributed by atoms with Crippen molar-refractivity contribution >= 4 is 5.69 Å². The first-order valence-electron chi connectivity index (χ1n) is 7.02. The van der Waals surface area contributed by atoms with E-state index in [2.05, 4.69) is 36.2 Å². The zero-order chi connectivity index (χ0) is 13.9. The summed E-state index contributed by atoms with van der Waals surface area (Å²) in [6.45, 7) is 6.65. The lowest BCUT2D eigenvalue weighted by Gasteiger charge is -2.50. The predicted molar refractivity (Wildman–Crippen MR) is 79.2 cm³/mol. The monoisotopic (exact) mass is 257 g/mol. The predicted octanol–water partition coefficient (Wildman–Crippen LogP) is 2.77. The van der Waals surface area contributed by atoms with Gasteiger partial charge >= 0.3 is 0 Å². The van der Waals surface area contributed by atoms with Gasteiger partial charge < -0.3 is 10.2 Å². The third-order valence-electron chi connectivity index (χ3n) is 4.39. The number of piperidine rings is 1. The van der Waals surface area contributed by atoms with Gasteiger partial charge in [0, 0.05) is 12.1 Å². The second-order valence-electron chi connectivity index (χ2n) is 5.83. The minimum absolute atomic E-state index is 0.0776. The van der Waals surface area contributed by atoms with Gasteiger partial charge in [0.1, 0.15) is 6.07 Å². The van der Waals surface area contributed by atoms with Crippen LogP contribution in [0.4, 0.5) is 5.69 Å². The highest BCUT2D eigenvalue weighted by atomic mass is 15.2. The highest BCUT2D eigenvalue weighted by molar-refractivity contribution is 5.61. The van der Waals surface area contributed by atoms with Crippen molar-refractivity contribution in [1.82, 2.24) is 5.32 Å². The number of benzene rings is 1. The summed E-state index contributed by atoms with van der Waals surface area (Å²) in [7, 11) is 2.01. The number of nitrogens with zero attached hydrogens (tertiary/aromatic N) is 2. The molecular formula is C16H23N3. The van der Waals surface area contributed by atoms with Crippen molar-refractivity contribution in [3.8, 4) is 6.07 Å². The third kappa shape index (κ3) is 2.59. The molecule has 0 aliphatic carbocycles. The second kappa shape index (κ2) is 5.63. The van der Waals surface area contributed by atoms with E-state index in [-0.39, 0.29) is 5.54 Å². The summed E-state index contributed by atoms with van der Waals surface area (Å²) in [5.74, 6) is 0.609. The SMILES string of the molecule is CNCC1CCCN(c2ccccc2C#N)C1(C)C. The molecule has 0 aromatic heterocycles. The standard InChI is InChI=1S/C16H23N3/c1-16(2)14(12-18-3)8-6-10-19(16)15-9-5-4-7-13(15)11-17/h4-5,7,9,14,18H,6,8,10,12H2,1-3H3. The minimum atomic E-state index is 0.0776. The lowest BCUT2D eigenvalue weighted by atomic mass is 9.78. The van der Waals surface area contributed by atoms with Gasteiger partial charge in [-0.05, 0) is 58.3 Å². The van der Waals surface area contributed by atoms with E-state index in [0.717, 1.165) is 24.3 Å². The average molecular weight is 257 g/mol. The van der Waals surface area contributed by atoms with E-state index < -0.39 is 0 Å². The van der Waals surface area contributed by atoms with E-state index in [9.17, 15) is 5.26 Å². The first kappa shape index (κ1) is 13.9. The smallest absolute Gasteiger partial charge is 0.101 e. The maximum Gasteiger partial charge on any atom is 0.101 e. The summed E-state index contributed by atoms with van der Waals surface area (Å²) < 4.78 is 0. The molecule has 19 heavy (non-hydrogen) atoms. The van der Waals surface area contributed by atoms with Crippen LogP contribution in [0.5, 0.6) is 0 Å². The topological polar surface area (TPSA) is 39.1 Å². The van der Waals surface area contributed by atoms with Gasteiger partial charge in [-0.25, -0.2) is 0 Å². The first-order chi connectivity index (χ1) is 9.11. The van der Waals surface area contributed by atoms with Crippen molar-refractivity contribution in [2.75, 3.05) is 25.0 Å². The third-order valence-corrected chi connectivity index (χ3v) is 4.39. The normalized spacial score (nSPS) is 22.0. The summed E-state index contributed by atoms with van der Waals surface area (Å²) >= 11 is 0. The molecule has 2 rings (SSSR count). The number of hydrogen-bond donors (Lipinski definition) is 1. The lowest BCUT2D eigenvalue weighted by molar-refractivity contribution is 0.234. The van der Waals surface area contributed by atoms with Crippen LogP contribution >= 0.6 is 0 Å². The van der Waals surface area contributed by atoms with E-state index in [1.165, 1.54) is 12.8 Å². The van der Waals surface area contributed by atoms with Crippen LogP contribution in [0.2, 0.25) is 0 Å². The van der Waals surface area contributed by atoms with Crippen LogP contribution in [-0.4, -0.2) is 25.7 Å². The van der Waals surface area contributed by atoms with Crippen molar-refractivity contribution in [3.63, 3.8) is 0 Å². The van der Waals surface area contributed by atoms with Crippen molar-refractivity contribution in [1.29, 1.82) is 5.26 Å². The zero-order valence-corrected chi connectivity index (χ0v) is 12.1. The molecule has 1 N–H and O–H groups in total. The summed E-state index contributed by atoms with van der Waals surface area (Å²) in [5, 5.41) is 12.6. The molecule has 1 aliphatic rings. The number of nitrogens with one attached hydrogen (secondary N) is 1. The van der Waals surface area contributed by atoms with Gasteiger partial charge in [-0.2, -0.15) is 5.26 Å². The van der Waals surface area contributed by atoms with Gasteiger partial charge in [0.2, 0.25) is 0 Å². The number of anilines is 1. The molecular weight excluding hydrogens is 234 g/mol. The highest BCUT2D eigenvalue weighted by Gasteiger charge is 2.38. The molecule has 1 aliphatic heterocycles. The number of nitriles is 1. The summed E-state index contributed by atoms with van der Waals surface area (Å²) in [4.78, 5) is 2.41. The molecule has 3 heteroatoms. The van der Waals surface area contributed by atoms with E-state index in [1.54, 1.807) is 0 Å². The van der Waals surface area contributed by atoms with E-state index in [1.807, 2.05) is 25.2 Å². The van der Waals surface area contributed by atoms with Gasteiger partial charge in [0.25, 0.3) is 0 Å². The molecule has 0 amide bonds. The van der Waals surface area contributed by atoms with Gasteiger partial charge in [-0.1, -0.05) is 12.1 Å². The fourth-order valence-corrected chi connectivity index (χ4v) is 3.19. The maximum absolute atomic E-state index is 9.30. The van der Waals surface area contributed by atoms with Crippen molar-refractivity contribution in [2.45, 2.75) is 32.2 Å². The summed E-state index contributed by atoms with van der Waals surface area (Å²) in [6.07, 6.45) is 2.44. The lowest BCUT2D eigenvalue weighted by Crippen LogP contribution is -2.56. The molecule has 0 saturated carbocycles. The van der Waals surface area contributed by atoms with E-state index >= 15 is 0 Å². The van der Waals surface area contributed by atoms with Crippen LogP contribution in [0, 0.1) is 17.2 Å². The van der Waals surface area contributed by atoms with Crippen LogP contribution in [0.15, 0.2) is 24.3 Å². The maximum atomic E-state index is 9.30. The van der Waals surface area contributed by atoms with Gasteiger partial charge in [-0.3, -0.25) is 0 Å². The molecule has 1 aromatic carbocycles. The Morgan fingerprint density at radius 1 is 1.42 bits per heavy atom. The fraction of sp³-hybridized carbons (Fsp3) is 0.562. The Kier molecular flexibility index (Phi) is 4.11. The first-order valence-corrected chi connectivity index (χ1v) is 7.02. The molecule has 0 radical (unpaired) electrons. The molecule has 1 atom stereocenters.